The maximum absolute atomic E-state index is 9.58. The summed E-state index contributed by atoms with van der Waals surface area (Å²) in [7, 11) is 0. The SMILES string of the molecule is CC(C)(C)C12CC3C[C@H](C1)C1(O[C@@H](C#N)[C@@H]1C#N)[C@@H](C3)C2. The Morgan fingerprint density at radius 2 is 1.62 bits per heavy atom. The van der Waals surface area contributed by atoms with Crippen molar-refractivity contribution >= 4 is 0 Å². The minimum Gasteiger partial charge on any atom is -0.353 e. The summed E-state index contributed by atoms with van der Waals surface area (Å²) < 4.78 is 6.13. The number of ether oxygens (including phenoxy) is 1. The van der Waals surface area contributed by atoms with Crippen LogP contribution < -0.4 is 0 Å². The molecule has 21 heavy (non-hydrogen) atoms. The first-order valence-electron chi connectivity index (χ1n) is 8.33. The number of rotatable bonds is 0. The minimum atomic E-state index is -0.488. The van der Waals surface area contributed by atoms with Crippen LogP contribution in [-0.4, -0.2) is 11.7 Å². The molecule has 0 aromatic carbocycles. The van der Waals surface area contributed by atoms with E-state index in [-0.39, 0.29) is 11.5 Å². The molecule has 0 N–H and O–H groups in total. The molecule has 5 aliphatic rings. The lowest BCUT2D eigenvalue weighted by Gasteiger charge is -2.72. The molecule has 4 saturated carbocycles. The molecule has 0 radical (unpaired) electrons. The van der Waals surface area contributed by atoms with Gasteiger partial charge >= 0.3 is 0 Å². The van der Waals surface area contributed by atoms with Gasteiger partial charge in [-0.25, -0.2) is 0 Å². The smallest absolute Gasteiger partial charge is 0.163 e. The molecule has 0 amide bonds. The van der Waals surface area contributed by atoms with Gasteiger partial charge in [0.15, 0.2) is 6.10 Å². The molecule has 5 fully saturated rings. The molecule has 3 heteroatoms. The fraction of sp³-hybridized carbons (Fsp3) is 0.889. The predicted octanol–water partition coefficient (Wildman–Crippen LogP) is 3.66. The Bertz CT molecular complexity index is 545. The highest BCUT2D eigenvalue weighted by atomic mass is 16.5. The standard InChI is InChI=1S/C18H24N2O/c1-16(2,3)17-6-11-4-12(7-17)18(13(5-11)8-17)14(9-19)15(10-20)21-18/h11-15H,4-8H2,1-3H3/t11?,12-,13+,14-,15-,17?,18?/m0/s1. The Kier molecular flexibility index (Phi) is 2.47. The van der Waals surface area contributed by atoms with Gasteiger partial charge in [-0.1, -0.05) is 20.8 Å². The van der Waals surface area contributed by atoms with Gasteiger partial charge in [-0.2, -0.15) is 10.5 Å². The predicted molar refractivity (Wildman–Crippen MR) is 77.8 cm³/mol. The second-order valence-corrected chi connectivity index (χ2v) is 9.00. The minimum absolute atomic E-state index is 0.200. The Hall–Kier alpha value is -1.06. The van der Waals surface area contributed by atoms with Crippen molar-refractivity contribution in [3.63, 3.8) is 0 Å². The fourth-order valence-corrected chi connectivity index (χ4v) is 6.41. The van der Waals surface area contributed by atoms with Gasteiger partial charge in [0.25, 0.3) is 0 Å². The van der Waals surface area contributed by atoms with E-state index in [9.17, 15) is 10.5 Å². The zero-order valence-corrected chi connectivity index (χ0v) is 13.2. The van der Waals surface area contributed by atoms with Crippen LogP contribution in [0.5, 0.6) is 0 Å². The van der Waals surface area contributed by atoms with Crippen molar-refractivity contribution in [2.45, 2.75) is 64.6 Å². The van der Waals surface area contributed by atoms with E-state index < -0.39 is 6.10 Å². The van der Waals surface area contributed by atoms with Crippen LogP contribution in [0, 0.1) is 57.2 Å². The molecule has 4 bridgehead atoms. The van der Waals surface area contributed by atoms with E-state index in [4.69, 9.17) is 4.74 Å². The van der Waals surface area contributed by atoms with Crippen LogP contribution in [0.1, 0.15) is 52.9 Å². The molecule has 112 valence electrons. The van der Waals surface area contributed by atoms with Gasteiger partial charge in [0.1, 0.15) is 5.92 Å². The van der Waals surface area contributed by atoms with E-state index in [0.717, 1.165) is 5.92 Å². The van der Waals surface area contributed by atoms with E-state index in [0.29, 0.717) is 22.7 Å². The second-order valence-electron chi connectivity index (χ2n) is 9.00. The summed E-state index contributed by atoms with van der Waals surface area (Å²) in [5.41, 5.74) is 0.474. The summed E-state index contributed by atoms with van der Waals surface area (Å²) in [4.78, 5) is 0. The number of hydrogen-bond donors (Lipinski definition) is 0. The number of nitrogens with zero attached hydrogens (tertiary/aromatic N) is 2. The van der Waals surface area contributed by atoms with Crippen LogP contribution in [0.15, 0.2) is 0 Å². The highest BCUT2D eigenvalue weighted by Crippen LogP contribution is 2.72. The molecule has 1 heterocycles. The van der Waals surface area contributed by atoms with Crippen LogP contribution in [0.2, 0.25) is 0 Å². The molecule has 0 aromatic rings. The lowest BCUT2D eigenvalue weighted by atomic mass is 9.37. The van der Waals surface area contributed by atoms with Crippen molar-refractivity contribution in [1.29, 1.82) is 10.5 Å². The summed E-state index contributed by atoms with van der Waals surface area (Å²) >= 11 is 0. The van der Waals surface area contributed by atoms with Gasteiger partial charge in [-0.15, -0.1) is 0 Å². The molecular weight excluding hydrogens is 260 g/mol. The van der Waals surface area contributed by atoms with Gasteiger partial charge in [0, 0.05) is 0 Å². The highest BCUT2D eigenvalue weighted by Gasteiger charge is 2.73. The van der Waals surface area contributed by atoms with Crippen LogP contribution in [0.25, 0.3) is 0 Å². The summed E-state index contributed by atoms with van der Waals surface area (Å²) in [5, 5.41) is 18.8. The Balaban J connectivity index is 1.72. The van der Waals surface area contributed by atoms with E-state index in [1.165, 1.54) is 32.1 Å². The van der Waals surface area contributed by atoms with Crippen LogP contribution in [0.3, 0.4) is 0 Å². The number of nitriles is 2. The Morgan fingerprint density at radius 1 is 1.00 bits per heavy atom. The average molecular weight is 284 g/mol. The Labute approximate surface area is 127 Å². The molecule has 1 saturated heterocycles. The molecule has 1 spiro atoms. The van der Waals surface area contributed by atoms with Crippen molar-refractivity contribution in [3.05, 3.63) is 0 Å². The molecule has 1 aliphatic heterocycles. The molecule has 7 atom stereocenters. The quantitative estimate of drug-likeness (QED) is 0.682. The highest BCUT2D eigenvalue weighted by molar-refractivity contribution is 5.27. The molecule has 0 aromatic heterocycles. The zero-order chi connectivity index (χ0) is 15.0. The molecular formula is C18H24N2O. The van der Waals surface area contributed by atoms with Crippen molar-refractivity contribution in [2.75, 3.05) is 0 Å². The van der Waals surface area contributed by atoms with Crippen LogP contribution in [-0.2, 0) is 4.74 Å². The first-order chi connectivity index (χ1) is 9.86. The van der Waals surface area contributed by atoms with Crippen LogP contribution >= 0.6 is 0 Å². The molecule has 3 nitrogen and oxygen atoms in total. The van der Waals surface area contributed by atoms with Gasteiger partial charge in [0.05, 0.1) is 17.7 Å². The lowest BCUT2D eigenvalue weighted by Crippen LogP contribution is -2.74. The molecule has 4 aliphatic carbocycles. The van der Waals surface area contributed by atoms with Crippen molar-refractivity contribution in [1.82, 2.24) is 0 Å². The lowest BCUT2D eigenvalue weighted by molar-refractivity contribution is -0.335. The Morgan fingerprint density at radius 3 is 2.10 bits per heavy atom. The molecule has 3 unspecified atom stereocenters. The monoisotopic (exact) mass is 284 g/mol. The normalized spacial score (nSPS) is 54.0. The van der Waals surface area contributed by atoms with E-state index >= 15 is 0 Å². The second kappa shape index (κ2) is 3.82. The van der Waals surface area contributed by atoms with Gasteiger partial charge in [0.2, 0.25) is 0 Å². The van der Waals surface area contributed by atoms with Gasteiger partial charge in [-0.05, 0) is 60.7 Å². The number of hydrogen-bond acceptors (Lipinski definition) is 3. The third-order valence-electron chi connectivity index (χ3n) is 7.44. The van der Waals surface area contributed by atoms with Crippen molar-refractivity contribution in [3.8, 4) is 12.1 Å². The van der Waals surface area contributed by atoms with Crippen LogP contribution in [0.4, 0.5) is 0 Å². The van der Waals surface area contributed by atoms with Gasteiger partial charge in [-0.3, -0.25) is 0 Å². The summed E-state index contributed by atoms with van der Waals surface area (Å²) in [6.07, 6.45) is 5.69. The summed E-state index contributed by atoms with van der Waals surface area (Å²) in [6.45, 7) is 7.15. The topological polar surface area (TPSA) is 56.8 Å². The average Bonchev–Trinajstić information content (AvgIpc) is 2.36. The van der Waals surface area contributed by atoms with Crippen molar-refractivity contribution < 1.29 is 4.74 Å². The van der Waals surface area contributed by atoms with E-state index in [2.05, 4.69) is 32.9 Å². The maximum Gasteiger partial charge on any atom is 0.163 e. The summed E-state index contributed by atoms with van der Waals surface area (Å²) in [6, 6.07) is 4.61. The van der Waals surface area contributed by atoms with E-state index in [1.807, 2.05) is 0 Å². The first kappa shape index (κ1) is 13.6. The van der Waals surface area contributed by atoms with Gasteiger partial charge < -0.3 is 4.74 Å². The third-order valence-corrected chi connectivity index (χ3v) is 7.44. The fourth-order valence-electron chi connectivity index (χ4n) is 6.41. The maximum atomic E-state index is 9.58. The zero-order valence-electron chi connectivity index (χ0n) is 13.2. The molecule has 5 rings (SSSR count). The largest absolute Gasteiger partial charge is 0.353 e. The summed E-state index contributed by atoms with van der Waals surface area (Å²) in [5.74, 6) is 1.61. The van der Waals surface area contributed by atoms with Crippen molar-refractivity contribution in [2.24, 2.45) is 34.5 Å². The first-order valence-corrected chi connectivity index (χ1v) is 8.33. The van der Waals surface area contributed by atoms with E-state index in [1.54, 1.807) is 0 Å². The third kappa shape index (κ3) is 1.42.